The van der Waals surface area contributed by atoms with E-state index in [4.69, 9.17) is 5.26 Å². The topological polar surface area (TPSA) is 66.9 Å². The van der Waals surface area contributed by atoms with E-state index in [1.165, 1.54) is 23.9 Å². The molecule has 0 aliphatic rings. The molecule has 0 saturated heterocycles. The van der Waals surface area contributed by atoms with Crippen LogP contribution < -0.4 is 0 Å². The van der Waals surface area contributed by atoms with E-state index in [0.29, 0.717) is 5.56 Å². The van der Waals surface area contributed by atoms with Crippen LogP contribution in [0.3, 0.4) is 0 Å². The van der Waals surface area contributed by atoms with Gasteiger partial charge in [-0.2, -0.15) is 5.26 Å². The van der Waals surface area contributed by atoms with Gasteiger partial charge < -0.3 is 0 Å². The molecular formula is C14H10N2O2S. The lowest BCUT2D eigenvalue weighted by Crippen LogP contribution is -1.90. The van der Waals surface area contributed by atoms with Crippen molar-refractivity contribution in [3.05, 3.63) is 63.7 Å². The average molecular weight is 270 g/mol. The molecular weight excluding hydrogens is 260 g/mol. The zero-order chi connectivity index (χ0) is 13.8. The van der Waals surface area contributed by atoms with Crippen LogP contribution in [0.4, 0.5) is 5.69 Å². The summed E-state index contributed by atoms with van der Waals surface area (Å²) in [6.45, 7) is 1.99. The maximum Gasteiger partial charge on any atom is 0.270 e. The summed E-state index contributed by atoms with van der Waals surface area (Å²) in [5.41, 5.74) is 1.36. The molecule has 0 fully saturated rings. The van der Waals surface area contributed by atoms with Crippen molar-refractivity contribution in [3.63, 3.8) is 0 Å². The lowest BCUT2D eigenvalue weighted by molar-refractivity contribution is -0.384. The third-order valence-corrected chi connectivity index (χ3v) is 3.86. The van der Waals surface area contributed by atoms with Crippen LogP contribution >= 0.6 is 11.8 Å². The number of nitriles is 1. The maximum atomic E-state index is 10.7. The van der Waals surface area contributed by atoms with E-state index in [9.17, 15) is 10.1 Å². The van der Waals surface area contributed by atoms with Crippen LogP contribution in [0.25, 0.3) is 0 Å². The number of rotatable bonds is 3. The van der Waals surface area contributed by atoms with Crippen LogP contribution in [-0.4, -0.2) is 4.92 Å². The Kier molecular flexibility index (Phi) is 3.83. The normalized spacial score (nSPS) is 9.89. The van der Waals surface area contributed by atoms with Gasteiger partial charge in [0.05, 0.1) is 10.5 Å². The molecule has 2 aromatic rings. The number of non-ortho nitro benzene ring substituents is 1. The van der Waals surface area contributed by atoms with E-state index in [1.54, 1.807) is 6.07 Å². The smallest absolute Gasteiger partial charge is 0.258 e. The molecule has 0 spiro atoms. The van der Waals surface area contributed by atoms with E-state index in [0.717, 1.165) is 15.4 Å². The second kappa shape index (κ2) is 5.55. The van der Waals surface area contributed by atoms with Crippen LogP contribution in [0.1, 0.15) is 11.1 Å². The van der Waals surface area contributed by atoms with E-state index in [2.05, 4.69) is 0 Å². The third kappa shape index (κ3) is 2.92. The Morgan fingerprint density at radius 3 is 2.58 bits per heavy atom. The summed E-state index contributed by atoms with van der Waals surface area (Å²) < 4.78 is 0. The van der Waals surface area contributed by atoms with E-state index < -0.39 is 4.92 Å². The third-order valence-electron chi connectivity index (χ3n) is 2.61. The highest BCUT2D eigenvalue weighted by atomic mass is 32.2. The van der Waals surface area contributed by atoms with Crippen LogP contribution in [-0.2, 0) is 0 Å². The zero-order valence-corrected chi connectivity index (χ0v) is 11.0. The molecule has 0 radical (unpaired) electrons. The fourth-order valence-electron chi connectivity index (χ4n) is 1.60. The van der Waals surface area contributed by atoms with Crippen LogP contribution in [0.2, 0.25) is 0 Å². The fraction of sp³-hybridized carbons (Fsp3) is 0.0714. The van der Waals surface area contributed by atoms with Crippen molar-refractivity contribution in [1.29, 1.82) is 5.26 Å². The first-order chi connectivity index (χ1) is 9.11. The molecule has 0 bridgehead atoms. The second-order valence-electron chi connectivity index (χ2n) is 3.92. The minimum Gasteiger partial charge on any atom is -0.258 e. The average Bonchev–Trinajstić information content (AvgIpc) is 2.41. The summed E-state index contributed by atoms with van der Waals surface area (Å²) in [6.07, 6.45) is 0. The predicted molar refractivity (Wildman–Crippen MR) is 73.1 cm³/mol. The molecule has 0 saturated carbocycles. The molecule has 0 aliphatic heterocycles. The quantitative estimate of drug-likeness (QED) is 0.626. The van der Waals surface area contributed by atoms with Crippen molar-refractivity contribution in [2.45, 2.75) is 16.7 Å². The predicted octanol–water partition coefficient (Wildman–Crippen LogP) is 3.93. The Bertz CT molecular complexity index is 677. The van der Waals surface area contributed by atoms with Crippen molar-refractivity contribution in [2.24, 2.45) is 0 Å². The molecule has 0 unspecified atom stereocenters. The highest BCUT2D eigenvalue weighted by Gasteiger charge is 2.12. The van der Waals surface area contributed by atoms with Crippen LogP contribution in [0.5, 0.6) is 0 Å². The first kappa shape index (κ1) is 13.1. The number of benzene rings is 2. The SMILES string of the molecule is Cc1ccccc1Sc1ccc([N+](=O)[O-])cc1C#N. The number of nitro benzene ring substituents is 1. The number of hydrogen-bond donors (Lipinski definition) is 0. The summed E-state index contributed by atoms with van der Waals surface area (Å²) in [4.78, 5) is 11.9. The standard InChI is InChI=1S/C14H10N2O2S/c1-10-4-2-3-5-13(10)19-14-7-6-12(16(17)18)8-11(14)9-15/h2-8H,1H3. The van der Waals surface area contributed by atoms with Crippen molar-refractivity contribution in [1.82, 2.24) is 0 Å². The molecule has 19 heavy (non-hydrogen) atoms. The van der Waals surface area contributed by atoms with Gasteiger partial charge in [-0.15, -0.1) is 0 Å². The molecule has 2 rings (SSSR count). The van der Waals surface area contributed by atoms with Crippen molar-refractivity contribution in [3.8, 4) is 6.07 Å². The molecule has 0 N–H and O–H groups in total. The van der Waals surface area contributed by atoms with Gasteiger partial charge in [-0.3, -0.25) is 10.1 Å². The molecule has 0 aromatic heterocycles. The Hall–Kier alpha value is -2.32. The molecule has 94 valence electrons. The van der Waals surface area contributed by atoms with Crippen LogP contribution in [0.15, 0.2) is 52.3 Å². The summed E-state index contributed by atoms with van der Waals surface area (Å²) in [5.74, 6) is 0. The van der Waals surface area contributed by atoms with Crippen molar-refractivity contribution in [2.75, 3.05) is 0 Å². The molecule has 0 atom stereocenters. The maximum absolute atomic E-state index is 10.7. The van der Waals surface area contributed by atoms with Gasteiger partial charge in [0.2, 0.25) is 0 Å². The first-order valence-corrected chi connectivity index (χ1v) is 6.35. The zero-order valence-electron chi connectivity index (χ0n) is 10.2. The molecule has 2 aromatic carbocycles. The van der Waals surface area contributed by atoms with Gasteiger partial charge in [0.1, 0.15) is 6.07 Å². The highest BCUT2D eigenvalue weighted by molar-refractivity contribution is 7.99. The number of nitrogens with zero attached hydrogens (tertiary/aromatic N) is 2. The number of nitro groups is 1. The lowest BCUT2D eigenvalue weighted by atomic mass is 10.2. The summed E-state index contributed by atoms with van der Waals surface area (Å²) in [7, 11) is 0. The Morgan fingerprint density at radius 1 is 1.21 bits per heavy atom. The summed E-state index contributed by atoms with van der Waals surface area (Å²) in [6, 6.07) is 14.2. The minimum atomic E-state index is -0.497. The van der Waals surface area contributed by atoms with Gasteiger partial charge in [0.25, 0.3) is 5.69 Å². The second-order valence-corrected chi connectivity index (χ2v) is 5.00. The highest BCUT2D eigenvalue weighted by Crippen LogP contribution is 2.33. The van der Waals surface area contributed by atoms with Gasteiger partial charge in [-0.25, -0.2) is 0 Å². The Balaban J connectivity index is 2.39. The van der Waals surface area contributed by atoms with Gasteiger partial charge in [-0.05, 0) is 24.6 Å². The minimum absolute atomic E-state index is 0.0642. The lowest BCUT2D eigenvalue weighted by Gasteiger charge is -2.06. The Morgan fingerprint density at radius 2 is 1.95 bits per heavy atom. The molecule has 0 amide bonds. The van der Waals surface area contributed by atoms with Crippen molar-refractivity contribution < 1.29 is 4.92 Å². The largest absolute Gasteiger partial charge is 0.270 e. The fourth-order valence-corrected chi connectivity index (χ4v) is 2.56. The monoisotopic (exact) mass is 270 g/mol. The summed E-state index contributed by atoms with van der Waals surface area (Å²) >= 11 is 1.44. The Labute approximate surface area is 114 Å². The number of hydrogen-bond acceptors (Lipinski definition) is 4. The molecule has 5 heteroatoms. The van der Waals surface area contributed by atoms with Crippen LogP contribution in [0, 0.1) is 28.4 Å². The number of aryl methyl sites for hydroxylation is 1. The van der Waals surface area contributed by atoms with E-state index in [-0.39, 0.29) is 5.69 Å². The molecule has 4 nitrogen and oxygen atoms in total. The van der Waals surface area contributed by atoms with Gasteiger partial charge in [0, 0.05) is 21.9 Å². The van der Waals surface area contributed by atoms with Gasteiger partial charge in [-0.1, -0.05) is 30.0 Å². The molecule has 0 heterocycles. The van der Waals surface area contributed by atoms with E-state index >= 15 is 0 Å². The van der Waals surface area contributed by atoms with Gasteiger partial charge >= 0.3 is 0 Å². The molecule has 0 aliphatic carbocycles. The van der Waals surface area contributed by atoms with E-state index in [1.807, 2.05) is 37.3 Å². The first-order valence-electron chi connectivity index (χ1n) is 5.54. The summed E-state index contributed by atoms with van der Waals surface area (Å²) in [5, 5.41) is 19.8. The van der Waals surface area contributed by atoms with Crippen molar-refractivity contribution >= 4 is 17.4 Å². The van der Waals surface area contributed by atoms with Gasteiger partial charge in [0.15, 0.2) is 0 Å².